The lowest BCUT2D eigenvalue weighted by molar-refractivity contribution is -0.136. The second-order valence-corrected chi connectivity index (χ2v) is 6.35. The first-order valence-electron chi connectivity index (χ1n) is 7.64. The average molecular weight is 359 g/mol. The molecular weight excluding hydrogens is 347 g/mol. The van der Waals surface area contributed by atoms with Crippen LogP contribution in [0.4, 0.5) is 10.1 Å². The number of nitrogens with zero attached hydrogens (tertiary/aromatic N) is 2. The molecule has 126 valence electrons. The quantitative estimate of drug-likeness (QED) is 0.774. The fourth-order valence-corrected chi connectivity index (χ4v) is 3.42. The van der Waals surface area contributed by atoms with Crippen molar-refractivity contribution in [3.63, 3.8) is 0 Å². The molecule has 1 fully saturated rings. The highest BCUT2D eigenvalue weighted by Crippen LogP contribution is 2.40. The van der Waals surface area contributed by atoms with E-state index in [1.807, 2.05) is 0 Å². The molecule has 0 saturated carbocycles. The Bertz CT molecular complexity index is 896. The Morgan fingerprint density at radius 2 is 1.84 bits per heavy atom. The van der Waals surface area contributed by atoms with Gasteiger partial charge in [-0.05, 0) is 24.3 Å². The Hall–Kier alpha value is -2.73. The number of para-hydroxylation sites is 1. The van der Waals surface area contributed by atoms with Crippen LogP contribution >= 0.6 is 11.6 Å². The molecule has 0 N–H and O–H groups in total. The van der Waals surface area contributed by atoms with Crippen LogP contribution in [0.1, 0.15) is 18.4 Å². The van der Waals surface area contributed by atoms with E-state index >= 15 is 0 Å². The van der Waals surface area contributed by atoms with Crippen LogP contribution in [0.5, 0.6) is 0 Å². The van der Waals surface area contributed by atoms with Crippen LogP contribution in [-0.2, 0) is 14.4 Å². The number of carbonyl (C=O) groups is 2. The maximum absolute atomic E-state index is 14.1. The zero-order valence-corrected chi connectivity index (χ0v) is 13.7. The van der Waals surface area contributed by atoms with Gasteiger partial charge in [0.25, 0.3) is 5.91 Å². The van der Waals surface area contributed by atoms with Crippen molar-refractivity contribution in [2.75, 3.05) is 4.90 Å². The van der Waals surface area contributed by atoms with Gasteiger partial charge in [0.05, 0.1) is 28.4 Å². The van der Waals surface area contributed by atoms with Gasteiger partial charge >= 0.3 is 0 Å². The highest BCUT2D eigenvalue weighted by Gasteiger charge is 2.58. The predicted octanol–water partition coefficient (Wildman–Crippen LogP) is 3.31. The molecule has 25 heavy (non-hydrogen) atoms. The van der Waals surface area contributed by atoms with Crippen LogP contribution in [-0.4, -0.2) is 23.1 Å². The topological polar surface area (TPSA) is 59.0 Å². The summed E-state index contributed by atoms with van der Waals surface area (Å²) in [5, 5.41) is 4.05. The summed E-state index contributed by atoms with van der Waals surface area (Å²) in [4.78, 5) is 31.7. The molecule has 2 amide bonds. The first kappa shape index (κ1) is 15.8. The smallest absolute Gasteiger partial charge is 0.281 e. The van der Waals surface area contributed by atoms with E-state index < -0.39 is 17.3 Å². The Morgan fingerprint density at radius 3 is 2.56 bits per heavy atom. The third kappa shape index (κ3) is 2.41. The SMILES string of the molecule is O=C1C[C@]2(CC(c3c(F)cccc3Cl)=NO2)C(=O)N1c1ccccc1. The number of imide groups is 1. The summed E-state index contributed by atoms with van der Waals surface area (Å²) in [6.07, 6.45) is -0.165. The Labute approximate surface area is 147 Å². The lowest BCUT2D eigenvalue weighted by atomic mass is 9.92. The maximum atomic E-state index is 14.1. The summed E-state index contributed by atoms with van der Waals surface area (Å²) in [6, 6.07) is 12.9. The number of oxime groups is 1. The van der Waals surface area contributed by atoms with Crippen molar-refractivity contribution in [2.45, 2.75) is 18.4 Å². The van der Waals surface area contributed by atoms with E-state index in [0.717, 1.165) is 4.90 Å². The van der Waals surface area contributed by atoms with E-state index in [1.165, 1.54) is 18.2 Å². The first-order chi connectivity index (χ1) is 12.0. The third-order valence-corrected chi connectivity index (χ3v) is 4.64. The van der Waals surface area contributed by atoms with Crippen molar-refractivity contribution < 1.29 is 18.8 Å². The molecular formula is C18H12ClFN2O3. The molecule has 2 aliphatic heterocycles. The molecule has 0 aliphatic carbocycles. The highest BCUT2D eigenvalue weighted by molar-refractivity contribution is 6.35. The van der Waals surface area contributed by atoms with E-state index in [0.29, 0.717) is 5.69 Å². The van der Waals surface area contributed by atoms with Crippen LogP contribution in [0.25, 0.3) is 0 Å². The fraction of sp³-hybridized carbons (Fsp3) is 0.167. The van der Waals surface area contributed by atoms with Crippen molar-refractivity contribution in [3.05, 3.63) is 64.9 Å². The van der Waals surface area contributed by atoms with Gasteiger partial charge in [-0.1, -0.05) is 41.0 Å². The maximum Gasteiger partial charge on any atom is 0.281 e. The van der Waals surface area contributed by atoms with Crippen LogP contribution in [0, 0.1) is 5.82 Å². The number of hydrogen-bond acceptors (Lipinski definition) is 4. The second-order valence-electron chi connectivity index (χ2n) is 5.94. The highest BCUT2D eigenvalue weighted by atomic mass is 35.5. The van der Waals surface area contributed by atoms with Gasteiger partial charge in [0.2, 0.25) is 11.5 Å². The molecule has 2 aromatic carbocycles. The molecule has 5 nitrogen and oxygen atoms in total. The minimum atomic E-state index is -1.44. The zero-order chi connectivity index (χ0) is 17.6. The molecule has 2 aromatic rings. The summed E-state index contributed by atoms with van der Waals surface area (Å²) in [5.41, 5.74) is -0.651. The number of carbonyl (C=O) groups excluding carboxylic acids is 2. The normalized spacial score (nSPS) is 22.5. The van der Waals surface area contributed by atoms with Gasteiger partial charge in [0, 0.05) is 6.42 Å². The van der Waals surface area contributed by atoms with Crippen molar-refractivity contribution in [2.24, 2.45) is 5.16 Å². The molecule has 0 aromatic heterocycles. The lowest BCUT2D eigenvalue weighted by Crippen LogP contribution is -2.40. The van der Waals surface area contributed by atoms with Gasteiger partial charge in [-0.25, -0.2) is 9.29 Å². The number of benzene rings is 2. The standard InChI is InChI=1S/C18H12ClFN2O3/c19-12-7-4-8-13(20)16(12)14-9-18(25-21-14)10-15(23)22(17(18)24)11-5-2-1-3-6-11/h1-8H,9-10H2/t18-/m1/s1. The number of hydrogen-bond donors (Lipinski definition) is 0. The molecule has 0 unspecified atom stereocenters. The second kappa shape index (κ2) is 5.67. The van der Waals surface area contributed by atoms with E-state index in [2.05, 4.69) is 5.16 Å². The minimum absolute atomic E-state index is 0.0123. The number of amides is 2. The molecule has 1 spiro atoms. The van der Waals surface area contributed by atoms with Gasteiger partial charge in [-0.15, -0.1) is 0 Å². The molecule has 2 aliphatic rings. The molecule has 1 saturated heterocycles. The Kier molecular flexibility index (Phi) is 3.58. The predicted molar refractivity (Wildman–Crippen MR) is 89.9 cm³/mol. The molecule has 0 radical (unpaired) electrons. The van der Waals surface area contributed by atoms with Crippen molar-refractivity contribution in [1.82, 2.24) is 0 Å². The third-order valence-electron chi connectivity index (χ3n) is 4.33. The largest absolute Gasteiger partial charge is 0.378 e. The van der Waals surface area contributed by atoms with Gasteiger partial charge in [-0.3, -0.25) is 9.59 Å². The van der Waals surface area contributed by atoms with Crippen LogP contribution in [0.15, 0.2) is 53.7 Å². The summed E-state index contributed by atoms with van der Waals surface area (Å²) in [5.74, 6) is -1.44. The molecule has 0 bridgehead atoms. The van der Waals surface area contributed by atoms with Crippen LogP contribution in [0.3, 0.4) is 0 Å². The van der Waals surface area contributed by atoms with E-state index in [-0.39, 0.29) is 35.0 Å². The van der Waals surface area contributed by atoms with Crippen LogP contribution < -0.4 is 4.90 Å². The number of anilines is 1. The lowest BCUT2D eigenvalue weighted by Gasteiger charge is -2.19. The minimum Gasteiger partial charge on any atom is -0.378 e. The molecule has 1 atom stereocenters. The summed E-state index contributed by atoms with van der Waals surface area (Å²) in [6.45, 7) is 0. The molecule has 7 heteroatoms. The van der Waals surface area contributed by atoms with Crippen molar-refractivity contribution in [3.8, 4) is 0 Å². The first-order valence-corrected chi connectivity index (χ1v) is 8.01. The van der Waals surface area contributed by atoms with Gasteiger partial charge in [-0.2, -0.15) is 0 Å². The van der Waals surface area contributed by atoms with E-state index in [4.69, 9.17) is 16.4 Å². The zero-order valence-electron chi connectivity index (χ0n) is 12.9. The molecule has 4 rings (SSSR count). The average Bonchev–Trinajstić information content (AvgIpc) is 3.10. The monoisotopic (exact) mass is 358 g/mol. The summed E-state index contributed by atoms with van der Waals surface area (Å²) < 4.78 is 14.1. The summed E-state index contributed by atoms with van der Waals surface area (Å²) in [7, 11) is 0. The Morgan fingerprint density at radius 1 is 1.08 bits per heavy atom. The van der Waals surface area contributed by atoms with E-state index in [9.17, 15) is 14.0 Å². The van der Waals surface area contributed by atoms with Crippen LogP contribution in [0.2, 0.25) is 5.02 Å². The molecule has 2 heterocycles. The van der Waals surface area contributed by atoms with E-state index in [1.54, 1.807) is 30.3 Å². The fourth-order valence-electron chi connectivity index (χ4n) is 3.15. The Balaban J connectivity index is 1.66. The van der Waals surface area contributed by atoms with Gasteiger partial charge < -0.3 is 4.84 Å². The van der Waals surface area contributed by atoms with Gasteiger partial charge in [0.1, 0.15) is 5.82 Å². The number of halogens is 2. The van der Waals surface area contributed by atoms with Crippen molar-refractivity contribution >= 4 is 34.8 Å². The summed E-state index contributed by atoms with van der Waals surface area (Å²) >= 11 is 6.06. The van der Waals surface area contributed by atoms with Gasteiger partial charge in [0.15, 0.2) is 0 Å². The van der Waals surface area contributed by atoms with Crippen molar-refractivity contribution in [1.29, 1.82) is 0 Å². The number of rotatable bonds is 2.